The molecule has 1 rings (SSSR count). The van der Waals surface area contributed by atoms with Gasteiger partial charge in [0.25, 0.3) is 0 Å². The van der Waals surface area contributed by atoms with Crippen LogP contribution < -0.4 is 0 Å². The van der Waals surface area contributed by atoms with E-state index in [1.807, 2.05) is 0 Å². The number of halogens is 2. The lowest BCUT2D eigenvalue weighted by atomic mass is 10.1. The molecule has 0 aromatic heterocycles. The predicted molar refractivity (Wildman–Crippen MR) is 60.8 cm³/mol. The van der Waals surface area contributed by atoms with Gasteiger partial charge in [0.15, 0.2) is 6.10 Å². The summed E-state index contributed by atoms with van der Waals surface area (Å²) in [6.45, 7) is 2.09. The summed E-state index contributed by atoms with van der Waals surface area (Å²) in [5, 5.41) is 17.8. The molecule has 2 N–H and O–H groups in total. The standard InChI is InChI=1S/C10H11Cl2NO2/c1-2-15-10(13)9(14)6-3-4-7(11)8(12)5-6/h3-5,9,13-14H,2H2,1H3/t9-/m1/s1. The van der Waals surface area contributed by atoms with Crippen LogP contribution in [0.4, 0.5) is 0 Å². The number of benzene rings is 1. The lowest BCUT2D eigenvalue weighted by molar-refractivity contribution is 0.190. The molecule has 0 heterocycles. The normalized spacial score (nSPS) is 12.3. The number of hydrogen-bond donors (Lipinski definition) is 2. The molecule has 0 aliphatic carbocycles. The van der Waals surface area contributed by atoms with Crippen molar-refractivity contribution >= 4 is 29.1 Å². The van der Waals surface area contributed by atoms with Crippen molar-refractivity contribution in [3.63, 3.8) is 0 Å². The van der Waals surface area contributed by atoms with Crippen molar-refractivity contribution in [3.8, 4) is 0 Å². The molecular formula is C10H11Cl2NO2. The Labute approximate surface area is 98.1 Å². The Kier molecular flexibility index (Phi) is 4.39. The van der Waals surface area contributed by atoms with Crippen LogP contribution in [-0.2, 0) is 4.74 Å². The summed E-state index contributed by atoms with van der Waals surface area (Å²) in [5.41, 5.74) is 0.489. The van der Waals surface area contributed by atoms with Crippen LogP contribution in [0.5, 0.6) is 0 Å². The van der Waals surface area contributed by atoms with Crippen LogP contribution >= 0.6 is 23.2 Å². The van der Waals surface area contributed by atoms with Gasteiger partial charge >= 0.3 is 0 Å². The number of ether oxygens (including phenoxy) is 1. The van der Waals surface area contributed by atoms with E-state index in [-0.39, 0.29) is 5.90 Å². The van der Waals surface area contributed by atoms with Crippen LogP contribution in [0.1, 0.15) is 18.6 Å². The van der Waals surface area contributed by atoms with E-state index < -0.39 is 6.10 Å². The minimum atomic E-state index is -1.10. The summed E-state index contributed by atoms with van der Waals surface area (Å²) in [7, 11) is 0. The van der Waals surface area contributed by atoms with Crippen molar-refractivity contribution in [3.05, 3.63) is 33.8 Å². The van der Waals surface area contributed by atoms with Crippen molar-refractivity contribution in [1.29, 1.82) is 5.41 Å². The summed E-state index contributed by atoms with van der Waals surface area (Å²) in [6, 6.07) is 4.69. The van der Waals surface area contributed by atoms with Gasteiger partial charge in [-0.25, -0.2) is 0 Å². The molecule has 0 saturated heterocycles. The van der Waals surface area contributed by atoms with E-state index >= 15 is 0 Å². The maximum Gasteiger partial charge on any atom is 0.214 e. The van der Waals surface area contributed by atoms with Crippen LogP contribution in [0.3, 0.4) is 0 Å². The summed E-state index contributed by atoms with van der Waals surface area (Å²) in [4.78, 5) is 0. The molecule has 0 fully saturated rings. The topological polar surface area (TPSA) is 53.3 Å². The number of nitrogens with one attached hydrogen (secondary N) is 1. The van der Waals surface area contributed by atoms with Crippen molar-refractivity contribution in [2.45, 2.75) is 13.0 Å². The third-order valence-corrected chi connectivity index (χ3v) is 2.55. The molecule has 0 unspecified atom stereocenters. The van der Waals surface area contributed by atoms with Crippen LogP contribution in [-0.4, -0.2) is 17.6 Å². The molecule has 0 radical (unpaired) electrons. The molecule has 0 amide bonds. The predicted octanol–water partition coefficient (Wildman–Crippen LogP) is 3.04. The second-order valence-corrected chi connectivity index (χ2v) is 3.69. The van der Waals surface area contributed by atoms with Crippen LogP contribution in [0.15, 0.2) is 18.2 Å². The monoisotopic (exact) mass is 247 g/mol. The minimum Gasteiger partial charge on any atom is -0.479 e. The van der Waals surface area contributed by atoms with E-state index in [1.165, 1.54) is 6.07 Å². The summed E-state index contributed by atoms with van der Waals surface area (Å²) < 4.78 is 4.89. The second kappa shape index (κ2) is 5.35. The molecule has 82 valence electrons. The van der Waals surface area contributed by atoms with Crippen LogP contribution in [0.25, 0.3) is 0 Å². The van der Waals surface area contributed by atoms with Gasteiger partial charge in [-0.3, -0.25) is 5.41 Å². The van der Waals surface area contributed by atoms with Gasteiger partial charge in [-0.1, -0.05) is 29.3 Å². The Morgan fingerprint density at radius 3 is 2.67 bits per heavy atom. The first-order valence-corrected chi connectivity index (χ1v) is 5.16. The molecule has 15 heavy (non-hydrogen) atoms. The summed E-state index contributed by atoms with van der Waals surface area (Å²) >= 11 is 11.5. The highest BCUT2D eigenvalue weighted by molar-refractivity contribution is 6.42. The first-order chi connectivity index (χ1) is 7.06. The Balaban J connectivity index is 2.86. The molecule has 5 heteroatoms. The van der Waals surface area contributed by atoms with Crippen molar-refractivity contribution in [2.75, 3.05) is 6.61 Å². The molecule has 0 aliphatic rings. The fraction of sp³-hybridized carbons (Fsp3) is 0.300. The molecule has 1 atom stereocenters. The van der Waals surface area contributed by atoms with E-state index in [0.29, 0.717) is 22.2 Å². The fourth-order valence-corrected chi connectivity index (χ4v) is 1.37. The molecule has 0 saturated carbocycles. The molecule has 1 aromatic rings. The number of aliphatic hydroxyl groups is 1. The average molecular weight is 248 g/mol. The van der Waals surface area contributed by atoms with Gasteiger partial charge in [0.05, 0.1) is 16.7 Å². The van der Waals surface area contributed by atoms with Crippen molar-refractivity contribution in [2.24, 2.45) is 0 Å². The molecular weight excluding hydrogens is 237 g/mol. The Bertz CT molecular complexity index is 368. The van der Waals surface area contributed by atoms with Gasteiger partial charge in [-0.15, -0.1) is 0 Å². The lowest BCUT2D eigenvalue weighted by Crippen LogP contribution is -2.14. The van der Waals surface area contributed by atoms with Gasteiger partial charge in [0.1, 0.15) is 0 Å². The highest BCUT2D eigenvalue weighted by Gasteiger charge is 2.15. The van der Waals surface area contributed by atoms with Crippen molar-refractivity contribution < 1.29 is 9.84 Å². The summed E-state index contributed by atoms with van der Waals surface area (Å²) in [6.07, 6.45) is -1.10. The Morgan fingerprint density at radius 1 is 1.47 bits per heavy atom. The first kappa shape index (κ1) is 12.3. The van der Waals surface area contributed by atoms with Gasteiger partial charge in [-0.2, -0.15) is 0 Å². The Morgan fingerprint density at radius 2 is 2.13 bits per heavy atom. The van der Waals surface area contributed by atoms with Gasteiger partial charge in [0.2, 0.25) is 5.90 Å². The summed E-state index contributed by atoms with van der Waals surface area (Å²) in [5.74, 6) is -0.198. The maximum absolute atomic E-state index is 9.68. The molecule has 1 aromatic carbocycles. The Hall–Kier alpha value is -0.770. The SMILES string of the molecule is CCOC(=N)[C@H](O)c1ccc(Cl)c(Cl)c1. The highest BCUT2D eigenvalue weighted by atomic mass is 35.5. The third kappa shape index (κ3) is 3.09. The molecule has 0 aliphatic heterocycles. The second-order valence-electron chi connectivity index (χ2n) is 2.87. The number of rotatable bonds is 3. The van der Waals surface area contributed by atoms with Gasteiger partial charge < -0.3 is 9.84 Å². The van der Waals surface area contributed by atoms with E-state index in [9.17, 15) is 5.11 Å². The van der Waals surface area contributed by atoms with Crippen LogP contribution in [0, 0.1) is 5.41 Å². The number of hydrogen-bond acceptors (Lipinski definition) is 3. The molecule has 0 bridgehead atoms. The van der Waals surface area contributed by atoms with E-state index in [0.717, 1.165) is 0 Å². The lowest BCUT2D eigenvalue weighted by Gasteiger charge is -2.12. The number of aliphatic hydroxyl groups excluding tert-OH is 1. The average Bonchev–Trinajstić information content (AvgIpc) is 2.21. The van der Waals surface area contributed by atoms with Gasteiger partial charge in [0, 0.05) is 0 Å². The van der Waals surface area contributed by atoms with Crippen LogP contribution in [0.2, 0.25) is 10.0 Å². The maximum atomic E-state index is 9.68. The zero-order chi connectivity index (χ0) is 11.4. The first-order valence-electron chi connectivity index (χ1n) is 4.40. The molecule has 0 spiro atoms. The van der Waals surface area contributed by atoms with Gasteiger partial charge in [-0.05, 0) is 24.6 Å². The smallest absolute Gasteiger partial charge is 0.214 e. The zero-order valence-corrected chi connectivity index (χ0v) is 9.64. The van der Waals surface area contributed by atoms with E-state index in [4.69, 9.17) is 33.3 Å². The fourth-order valence-electron chi connectivity index (χ4n) is 1.07. The molecule has 3 nitrogen and oxygen atoms in total. The van der Waals surface area contributed by atoms with E-state index in [1.54, 1.807) is 19.1 Å². The van der Waals surface area contributed by atoms with Crippen molar-refractivity contribution in [1.82, 2.24) is 0 Å². The minimum absolute atomic E-state index is 0.198. The highest BCUT2D eigenvalue weighted by Crippen LogP contribution is 2.26. The quantitative estimate of drug-likeness (QED) is 0.638. The third-order valence-electron chi connectivity index (χ3n) is 1.81. The zero-order valence-electron chi connectivity index (χ0n) is 8.13. The largest absolute Gasteiger partial charge is 0.479 e. The van der Waals surface area contributed by atoms with E-state index in [2.05, 4.69) is 0 Å².